The maximum absolute atomic E-state index is 6.09. The quantitative estimate of drug-likeness (QED) is 0.926. The highest BCUT2D eigenvalue weighted by Crippen LogP contribution is 2.27. The van der Waals surface area contributed by atoms with Gasteiger partial charge in [-0.25, -0.2) is 9.97 Å². The predicted octanol–water partition coefficient (Wildman–Crippen LogP) is 4.05. The third kappa shape index (κ3) is 3.20. The Bertz CT molecular complexity index is 651. The molecule has 1 aliphatic rings. The summed E-state index contributed by atoms with van der Waals surface area (Å²) in [7, 11) is 0. The summed E-state index contributed by atoms with van der Waals surface area (Å²) in [6, 6.07) is 5.45. The lowest BCUT2D eigenvalue weighted by Crippen LogP contribution is -2.26. The Morgan fingerprint density at radius 3 is 2.62 bits per heavy atom. The van der Waals surface area contributed by atoms with E-state index in [0.717, 1.165) is 49.3 Å². The average Bonchev–Trinajstić information content (AvgIpc) is 2.46. The number of rotatable bonds is 3. The summed E-state index contributed by atoms with van der Waals surface area (Å²) in [5.41, 5.74) is 4.45. The van der Waals surface area contributed by atoms with Crippen molar-refractivity contribution in [3.63, 3.8) is 0 Å². The van der Waals surface area contributed by atoms with Crippen molar-refractivity contribution in [2.45, 2.75) is 32.7 Å². The first-order valence-electron chi connectivity index (χ1n) is 7.23. The summed E-state index contributed by atoms with van der Waals surface area (Å²) in [6.45, 7) is 3.97. The van der Waals surface area contributed by atoms with Gasteiger partial charge in [0.25, 0.3) is 0 Å². The Kier molecular flexibility index (Phi) is 4.43. The number of aromatic nitrogens is 2. The van der Waals surface area contributed by atoms with E-state index in [1.54, 1.807) is 6.07 Å². The Labute approximate surface area is 134 Å². The van der Waals surface area contributed by atoms with E-state index in [2.05, 4.69) is 12.2 Å². The highest BCUT2D eigenvalue weighted by molar-refractivity contribution is 6.35. The molecule has 1 N–H and O–H groups in total. The van der Waals surface area contributed by atoms with Crippen LogP contribution in [0.15, 0.2) is 18.2 Å². The highest BCUT2D eigenvalue weighted by Gasteiger charge is 2.18. The van der Waals surface area contributed by atoms with Gasteiger partial charge in [0.1, 0.15) is 0 Å². The van der Waals surface area contributed by atoms with Crippen molar-refractivity contribution in [2.75, 3.05) is 6.54 Å². The number of hydrogen-bond donors (Lipinski definition) is 1. The summed E-state index contributed by atoms with van der Waals surface area (Å²) in [5, 5.41) is 4.58. The summed E-state index contributed by atoms with van der Waals surface area (Å²) in [5.74, 6) is 0.713. The molecule has 0 aliphatic carbocycles. The van der Waals surface area contributed by atoms with E-state index in [4.69, 9.17) is 33.2 Å². The third-order valence-electron chi connectivity index (χ3n) is 3.63. The second kappa shape index (κ2) is 6.30. The molecule has 1 aliphatic heterocycles. The molecule has 0 unspecified atom stereocenters. The van der Waals surface area contributed by atoms with E-state index in [9.17, 15) is 0 Å². The average molecular weight is 322 g/mol. The van der Waals surface area contributed by atoms with E-state index in [1.807, 2.05) is 12.1 Å². The van der Waals surface area contributed by atoms with Gasteiger partial charge in [-0.15, -0.1) is 0 Å². The number of nitrogens with one attached hydrogen (secondary N) is 1. The van der Waals surface area contributed by atoms with E-state index in [-0.39, 0.29) is 0 Å². The van der Waals surface area contributed by atoms with Crippen molar-refractivity contribution in [1.29, 1.82) is 0 Å². The summed E-state index contributed by atoms with van der Waals surface area (Å²) in [4.78, 5) is 9.49. The maximum atomic E-state index is 6.09. The van der Waals surface area contributed by atoms with Gasteiger partial charge in [-0.3, -0.25) is 0 Å². The fourth-order valence-corrected chi connectivity index (χ4v) is 3.22. The van der Waals surface area contributed by atoms with Crippen molar-refractivity contribution >= 4 is 23.2 Å². The van der Waals surface area contributed by atoms with Crippen LogP contribution in [0.3, 0.4) is 0 Å². The SMILES string of the molecule is CCCc1nc(-c2cc(Cl)cc(Cl)c2)nc2c1CCNC2. The van der Waals surface area contributed by atoms with Gasteiger partial charge >= 0.3 is 0 Å². The molecule has 0 radical (unpaired) electrons. The number of nitrogens with zero attached hydrogens (tertiary/aromatic N) is 2. The maximum Gasteiger partial charge on any atom is 0.159 e. The second-order valence-corrected chi connectivity index (χ2v) is 6.13. The Morgan fingerprint density at radius 1 is 1.14 bits per heavy atom. The summed E-state index contributed by atoms with van der Waals surface area (Å²) in [6.07, 6.45) is 3.06. The van der Waals surface area contributed by atoms with Crippen LogP contribution in [-0.4, -0.2) is 16.5 Å². The van der Waals surface area contributed by atoms with Gasteiger partial charge < -0.3 is 5.32 Å². The topological polar surface area (TPSA) is 37.8 Å². The molecule has 0 fully saturated rings. The number of fused-ring (bicyclic) bond motifs is 1. The lowest BCUT2D eigenvalue weighted by molar-refractivity contribution is 0.614. The van der Waals surface area contributed by atoms with Crippen molar-refractivity contribution in [1.82, 2.24) is 15.3 Å². The van der Waals surface area contributed by atoms with Crippen LogP contribution in [0.5, 0.6) is 0 Å². The third-order valence-corrected chi connectivity index (χ3v) is 4.07. The first-order chi connectivity index (χ1) is 10.2. The Hall–Kier alpha value is -1.16. The van der Waals surface area contributed by atoms with E-state index < -0.39 is 0 Å². The van der Waals surface area contributed by atoms with Crippen LogP contribution >= 0.6 is 23.2 Å². The molecule has 0 amide bonds. The normalized spacial score (nSPS) is 14.0. The molecule has 0 saturated heterocycles. The molecule has 1 aromatic heterocycles. The molecule has 5 heteroatoms. The molecule has 3 rings (SSSR count). The van der Waals surface area contributed by atoms with Crippen LogP contribution in [0.2, 0.25) is 10.0 Å². The van der Waals surface area contributed by atoms with Crippen molar-refractivity contribution in [3.05, 3.63) is 45.2 Å². The monoisotopic (exact) mass is 321 g/mol. The van der Waals surface area contributed by atoms with Crippen molar-refractivity contribution in [3.8, 4) is 11.4 Å². The summed E-state index contributed by atoms with van der Waals surface area (Å²) < 4.78 is 0. The van der Waals surface area contributed by atoms with Crippen LogP contribution in [-0.2, 0) is 19.4 Å². The first-order valence-corrected chi connectivity index (χ1v) is 7.99. The van der Waals surface area contributed by atoms with Crippen LogP contribution in [0.25, 0.3) is 11.4 Å². The van der Waals surface area contributed by atoms with Gasteiger partial charge in [0.05, 0.1) is 5.69 Å². The zero-order valence-electron chi connectivity index (χ0n) is 11.9. The molecular weight excluding hydrogens is 305 g/mol. The van der Waals surface area contributed by atoms with Gasteiger partial charge in [0, 0.05) is 27.8 Å². The standard InChI is InChI=1S/C16H17Cl2N3/c1-2-3-14-13-4-5-19-9-15(13)21-16(20-14)10-6-11(17)8-12(18)7-10/h6-8,19H,2-5,9H2,1H3. The largest absolute Gasteiger partial charge is 0.311 e. The van der Waals surface area contributed by atoms with Crippen molar-refractivity contribution in [2.24, 2.45) is 0 Å². The van der Waals surface area contributed by atoms with Crippen molar-refractivity contribution < 1.29 is 0 Å². The minimum atomic E-state index is 0.606. The summed E-state index contributed by atoms with van der Waals surface area (Å²) >= 11 is 12.2. The Balaban J connectivity index is 2.12. The van der Waals surface area contributed by atoms with E-state index >= 15 is 0 Å². The molecule has 0 saturated carbocycles. The number of aryl methyl sites for hydroxylation is 1. The Morgan fingerprint density at radius 2 is 1.90 bits per heavy atom. The predicted molar refractivity (Wildman–Crippen MR) is 86.9 cm³/mol. The minimum Gasteiger partial charge on any atom is -0.311 e. The van der Waals surface area contributed by atoms with Gasteiger partial charge in [-0.1, -0.05) is 36.5 Å². The fourth-order valence-electron chi connectivity index (χ4n) is 2.69. The number of hydrogen-bond acceptors (Lipinski definition) is 3. The highest BCUT2D eigenvalue weighted by atomic mass is 35.5. The lowest BCUT2D eigenvalue weighted by atomic mass is 10.0. The van der Waals surface area contributed by atoms with E-state index in [0.29, 0.717) is 15.9 Å². The molecule has 3 nitrogen and oxygen atoms in total. The minimum absolute atomic E-state index is 0.606. The molecule has 0 spiro atoms. The molecule has 21 heavy (non-hydrogen) atoms. The molecule has 110 valence electrons. The van der Waals surface area contributed by atoms with E-state index in [1.165, 1.54) is 5.56 Å². The molecule has 1 aromatic carbocycles. The molecule has 0 bridgehead atoms. The van der Waals surface area contributed by atoms with Gasteiger partial charge in [-0.2, -0.15) is 0 Å². The smallest absolute Gasteiger partial charge is 0.159 e. The molecule has 2 aromatic rings. The molecular formula is C16H17Cl2N3. The van der Waals surface area contributed by atoms with Crippen LogP contribution in [0, 0.1) is 0 Å². The van der Waals surface area contributed by atoms with Crippen LogP contribution in [0.1, 0.15) is 30.3 Å². The molecule has 2 heterocycles. The van der Waals surface area contributed by atoms with Crippen LogP contribution in [0.4, 0.5) is 0 Å². The van der Waals surface area contributed by atoms with Gasteiger partial charge in [0.2, 0.25) is 0 Å². The lowest BCUT2D eigenvalue weighted by Gasteiger charge is -2.20. The zero-order valence-corrected chi connectivity index (χ0v) is 13.4. The first kappa shape index (κ1) is 14.8. The van der Waals surface area contributed by atoms with Crippen LogP contribution < -0.4 is 5.32 Å². The number of halogens is 2. The van der Waals surface area contributed by atoms with Gasteiger partial charge in [-0.05, 0) is 43.1 Å². The molecule has 0 atom stereocenters. The zero-order chi connectivity index (χ0) is 14.8. The second-order valence-electron chi connectivity index (χ2n) is 5.25. The number of benzene rings is 1. The fraction of sp³-hybridized carbons (Fsp3) is 0.375. The van der Waals surface area contributed by atoms with Gasteiger partial charge in [0.15, 0.2) is 5.82 Å².